The minimum atomic E-state index is -0.219. The number of hydrogen-bond donors (Lipinski definition) is 1. The van der Waals surface area contributed by atoms with Gasteiger partial charge in [-0.3, -0.25) is 4.79 Å². The molecule has 102 valence electrons. The van der Waals surface area contributed by atoms with E-state index in [0.717, 1.165) is 25.7 Å². The first-order valence-electron chi connectivity index (χ1n) is 7.21. The molecule has 1 aromatic rings. The first kappa shape index (κ1) is 12.7. The lowest BCUT2D eigenvalue weighted by molar-refractivity contribution is -0.134. The lowest BCUT2D eigenvalue weighted by Gasteiger charge is -2.39. The molecule has 3 rings (SSSR count). The number of aryl methyl sites for hydroxylation is 1. The van der Waals surface area contributed by atoms with E-state index in [4.69, 9.17) is 5.73 Å². The van der Waals surface area contributed by atoms with E-state index in [0.29, 0.717) is 6.42 Å². The molecular formula is C16H22N2O. The average molecular weight is 258 g/mol. The largest absolute Gasteiger partial charge is 0.339 e. The van der Waals surface area contributed by atoms with Crippen LogP contribution in [0.25, 0.3) is 0 Å². The van der Waals surface area contributed by atoms with Crippen LogP contribution in [0.4, 0.5) is 0 Å². The molecule has 1 saturated carbocycles. The van der Waals surface area contributed by atoms with Crippen molar-refractivity contribution in [2.45, 2.75) is 50.1 Å². The maximum Gasteiger partial charge on any atom is 0.224 e. The van der Waals surface area contributed by atoms with Gasteiger partial charge >= 0.3 is 0 Å². The summed E-state index contributed by atoms with van der Waals surface area (Å²) in [5.74, 6) is 0.198. The molecule has 3 nitrogen and oxygen atoms in total. The van der Waals surface area contributed by atoms with Crippen LogP contribution in [0.3, 0.4) is 0 Å². The maximum absolute atomic E-state index is 12.4. The number of fused-ring (bicyclic) bond motifs is 1. The van der Waals surface area contributed by atoms with Crippen LogP contribution in [0.1, 0.15) is 49.3 Å². The molecule has 1 amide bonds. The third-order valence-corrected chi connectivity index (χ3v) is 4.81. The van der Waals surface area contributed by atoms with Gasteiger partial charge in [0.05, 0.1) is 6.04 Å². The summed E-state index contributed by atoms with van der Waals surface area (Å²) in [7, 11) is 1.93. The van der Waals surface area contributed by atoms with E-state index < -0.39 is 0 Å². The van der Waals surface area contributed by atoms with E-state index in [9.17, 15) is 4.79 Å². The van der Waals surface area contributed by atoms with Crippen molar-refractivity contribution in [3.05, 3.63) is 35.4 Å². The lowest BCUT2D eigenvalue weighted by atomic mass is 9.75. The van der Waals surface area contributed by atoms with Crippen molar-refractivity contribution in [2.24, 2.45) is 5.73 Å². The predicted molar refractivity (Wildman–Crippen MR) is 75.7 cm³/mol. The van der Waals surface area contributed by atoms with E-state index in [1.807, 2.05) is 11.9 Å². The van der Waals surface area contributed by atoms with Gasteiger partial charge in [-0.25, -0.2) is 0 Å². The summed E-state index contributed by atoms with van der Waals surface area (Å²) >= 11 is 0. The van der Waals surface area contributed by atoms with E-state index in [1.165, 1.54) is 17.5 Å². The molecule has 1 atom stereocenters. The minimum absolute atomic E-state index is 0.198. The zero-order chi connectivity index (χ0) is 13.5. The maximum atomic E-state index is 12.4. The number of nitrogens with zero attached hydrogens (tertiary/aromatic N) is 1. The van der Waals surface area contributed by atoms with Crippen LogP contribution >= 0.6 is 0 Å². The van der Waals surface area contributed by atoms with Crippen molar-refractivity contribution in [1.82, 2.24) is 4.90 Å². The second-order valence-electron chi connectivity index (χ2n) is 6.15. The van der Waals surface area contributed by atoms with Gasteiger partial charge in [-0.15, -0.1) is 0 Å². The van der Waals surface area contributed by atoms with Crippen molar-refractivity contribution in [3.63, 3.8) is 0 Å². The molecule has 2 N–H and O–H groups in total. The van der Waals surface area contributed by atoms with Gasteiger partial charge in [0.2, 0.25) is 5.91 Å². The van der Waals surface area contributed by atoms with Gasteiger partial charge in [0.25, 0.3) is 0 Å². The highest BCUT2D eigenvalue weighted by Gasteiger charge is 2.37. The molecule has 0 aromatic heterocycles. The molecule has 0 heterocycles. The van der Waals surface area contributed by atoms with Crippen LogP contribution in [-0.4, -0.2) is 23.4 Å². The van der Waals surface area contributed by atoms with Gasteiger partial charge in [-0.05, 0) is 43.2 Å². The topological polar surface area (TPSA) is 46.3 Å². The summed E-state index contributed by atoms with van der Waals surface area (Å²) in [6, 6.07) is 8.70. The quantitative estimate of drug-likeness (QED) is 0.905. The Morgan fingerprint density at radius 3 is 2.84 bits per heavy atom. The highest BCUT2D eigenvalue weighted by atomic mass is 16.2. The van der Waals surface area contributed by atoms with Gasteiger partial charge in [0.15, 0.2) is 0 Å². The van der Waals surface area contributed by atoms with E-state index in [1.54, 1.807) is 0 Å². The number of amides is 1. The number of carbonyl (C=O) groups excluding carboxylic acids is 1. The molecule has 19 heavy (non-hydrogen) atoms. The first-order chi connectivity index (χ1) is 9.09. The van der Waals surface area contributed by atoms with E-state index in [-0.39, 0.29) is 17.5 Å². The highest BCUT2D eigenvalue weighted by Crippen LogP contribution is 2.37. The van der Waals surface area contributed by atoms with Gasteiger partial charge in [-0.1, -0.05) is 24.3 Å². The molecule has 2 aliphatic carbocycles. The SMILES string of the molecule is CN(C(=O)CC1(N)CCC1)C1CCc2ccccc21. The van der Waals surface area contributed by atoms with Crippen LogP contribution in [0.5, 0.6) is 0 Å². The Hall–Kier alpha value is -1.35. The molecule has 0 aliphatic heterocycles. The fourth-order valence-electron chi connectivity index (χ4n) is 3.34. The number of carbonyl (C=O) groups is 1. The normalized spacial score (nSPS) is 23.6. The highest BCUT2D eigenvalue weighted by molar-refractivity contribution is 5.78. The van der Waals surface area contributed by atoms with Crippen LogP contribution in [0, 0.1) is 0 Å². The fourth-order valence-corrected chi connectivity index (χ4v) is 3.34. The van der Waals surface area contributed by atoms with Gasteiger partial charge in [0, 0.05) is 19.0 Å². The van der Waals surface area contributed by atoms with E-state index >= 15 is 0 Å². The number of nitrogens with two attached hydrogens (primary N) is 1. The van der Waals surface area contributed by atoms with Crippen molar-refractivity contribution < 1.29 is 4.79 Å². The molecule has 0 bridgehead atoms. The molecule has 1 fully saturated rings. The Balaban J connectivity index is 1.71. The summed E-state index contributed by atoms with van der Waals surface area (Å²) in [5.41, 5.74) is 8.67. The third-order valence-electron chi connectivity index (χ3n) is 4.81. The monoisotopic (exact) mass is 258 g/mol. The van der Waals surface area contributed by atoms with Gasteiger partial charge in [0.1, 0.15) is 0 Å². The molecule has 3 heteroatoms. The Morgan fingerprint density at radius 1 is 1.42 bits per heavy atom. The molecule has 0 saturated heterocycles. The minimum Gasteiger partial charge on any atom is -0.339 e. The summed E-state index contributed by atoms with van der Waals surface area (Å²) in [6.07, 6.45) is 5.77. The van der Waals surface area contributed by atoms with Gasteiger partial charge < -0.3 is 10.6 Å². The van der Waals surface area contributed by atoms with Gasteiger partial charge in [-0.2, -0.15) is 0 Å². The number of rotatable bonds is 3. The molecule has 2 aliphatic rings. The fraction of sp³-hybridized carbons (Fsp3) is 0.562. The second kappa shape index (κ2) is 4.64. The lowest BCUT2D eigenvalue weighted by Crippen LogP contribution is -2.50. The zero-order valence-corrected chi connectivity index (χ0v) is 11.6. The van der Waals surface area contributed by atoms with Crippen molar-refractivity contribution in [2.75, 3.05) is 7.05 Å². The van der Waals surface area contributed by atoms with Crippen LogP contribution in [0.2, 0.25) is 0 Å². The average Bonchev–Trinajstić information content (AvgIpc) is 2.79. The second-order valence-corrected chi connectivity index (χ2v) is 6.15. The Morgan fingerprint density at radius 2 is 2.16 bits per heavy atom. The summed E-state index contributed by atoms with van der Waals surface area (Å²) in [4.78, 5) is 14.3. The molecule has 1 unspecified atom stereocenters. The summed E-state index contributed by atoms with van der Waals surface area (Å²) in [5, 5.41) is 0. The molecule has 1 aromatic carbocycles. The molecule has 0 spiro atoms. The third kappa shape index (κ3) is 2.27. The molecule has 0 radical (unpaired) electrons. The summed E-state index contributed by atoms with van der Waals surface area (Å²) < 4.78 is 0. The van der Waals surface area contributed by atoms with E-state index in [2.05, 4.69) is 24.3 Å². The Kier molecular flexibility index (Phi) is 3.09. The standard InChI is InChI=1S/C16H22N2O/c1-18(15(19)11-16(17)9-4-10-16)14-8-7-12-5-2-3-6-13(12)14/h2-3,5-6,14H,4,7-11,17H2,1H3. The zero-order valence-electron chi connectivity index (χ0n) is 11.6. The smallest absolute Gasteiger partial charge is 0.224 e. The first-order valence-corrected chi connectivity index (χ1v) is 7.21. The number of benzene rings is 1. The van der Waals surface area contributed by atoms with Crippen LogP contribution in [0.15, 0.2) is 24.3 Å². The Bertz CT molecular complexity index is 493. The van der Waals surface area contributed by atoms with Crippen LogP contribution in [-0.2, 0) is 11.2 Å². The van der Waals surface area contributed by atoms with Crippen molar-refractivity contribution in [3.8, 4) is 0 Å². The van der Waals surface area contributed by atoms with Crippen molar-refractivity contribution >= 4 is 5.91 Å². The molecular weight excluding hydrogens is 236 g/mol. The predicted octanol–water partition coefficient (Wildman–Crippen LogP) is 2.40. The van der Waals surface area contributed by atoms with Crippen molar-refractivity contribution in [1.29, 1.82) is 0 Å². The Labute approximate surface area is 114 Å². The summed E-state index contributed by atoms with van der Waals surface area (Å²) in [6.45, 7) is 0. The van der Waals surface area contributed by atoms with Crippen LogP contribution < -0.4 is 5.73 Å². The number of hydrogen-bond acceptors (Lipinski definition) is 2.